The second-order valence-corrected chi connectivity index (χ2v) is 12.8. The molecule has 0 bridgehead atoms. The van der Waals surface area contributed by atoms with Crippen molar-refractivity contribution in [2.24, 2.45) is 0 Å². The number of carbonyl (C=O) groups is 1. The van der Waals surface area contributed by atoms with E-state index in [1.54, 1.807) is 52.8 Å². The van der Waals surface area contributed by atoms with Crippen LogP contribution in [0.3, 0.4) is 0 Å². The highest BCUT2D eigenvalue weighted by Crippen LogP contribution is 2.41. The van der Waals surface area contributed by atoms with Gasteiger partial charge < -0.3 is 43.5 Å². The van der Waals surface area contributed by atoms with Crippen LogP contribution in [0.5, 0.6) is 34.5 Å². The number of rotatable bonds is 15. The Morgan fingerprint density at radius 1 is 0.827 bits per heavy atom. The fourth-order valence-electron chi connectivity index (χ4n) is 6.19. The third-order valence-electron chi connectivity index (χ3n) is 8.86. The molecule has 1 N–H and O–H groups in total. The number of nitrogens with one attached hydrogen (secondary N) is 1. The van der Waals surface area contributed by atoms with Crippen molar-refractivity contribution in [1.29, 1.82) is 0 Å². The van der Waals surface area contributed by atoms with Gasteiger partial charge in [-0.2, -0.15) is 4.98 Å². The fraction of sp³-hybridized carbons (Fsp3) is 0.410. The molecule has 0 spiro atoms. The highest BCUT2D eigenvalue weighted by molar-refractivity contribution is 5.88. The van der Waals surface area contributed by atoms with E-state index < -0.39 is 6.09 Å². The molecule has 0 unspecified atom stereocenters. The van der Waals surface area contributed by atoms with E-state index in [1.807, 2.05) is 51.1 Å². The highest BCUT2D eigenvalue weighted by atomic mass is 16.6. The standard InChI is InChI=1S/C39H50N6O7/c1-26-18-27(2)36(28(3)19-26)52-39(46)45(25-29-20-31(47-5)24-32(21-29)48-6)35-10-11-40-38(42-35)41-30-22-33(49-7)37(50-8)34(23-30)51-17-9-12-44-15-13-43(4)14-16-44/h10-11,18-24H,9,12-17,25H2,1-8H3,(H,40,41,42). The molecule has 1 aliphatic heterocycles. The summed E-state index contributed by atoms with van der Waals surface area (Å²) < 4.78 is 34.6. The number of amides is 1. The van der Waals surface area contributed by atoms with E-state index in [-0.39, 0.29) is 12.5 Å². The van der Waals surface area contributed by atoms with Crippen molar-refractivity contribution in [3.05, 3.63) is 77.0 Å². The predicted molar refractivity (Wildman–Crippen MR) is 201 cm³/mol. The first-order valence-electron chi connectivity index (χ1n) is 17.3. The van der Waals surface area contributed by atoms with E-state index >= 15 is 0 Å². The van der Waals surface area contributed by atoms with Gasteiger partial charge in [-0.1, -0.05) is 17.7 Å². The van der Waals surface area contributed by atoms with Crippen molar-refractivity contribution in [2.45, 2.75) is 33.7 Å². The summed E-state index contributed by atoms with van der Waals surface area (Å²) in [6.07, 6.45) is 1.83. The maximum atomic E-state index is 14.0. The van der Waals surface area contributed by atoms with Crippen LogP contribution in [0.1, 0.15) is 28.7 Å². The summed E-state index contributed by atoms with van der Waals surface area (Å²) in [5, 5.41) is 3.26. The lowest BCUT2D eigenvalue weighted by Crippen LogP contribution is -2.44. The number of piperazine rings is 1. The smallest absolute Gasteiger partial charge is 0.421 e. The maximum Gasteiger partial charge on any atom is 0.421 e. The summed E-state index contributed by atoms with van der Waals surface area (Å²) in [6.45, 7) is 11.7. The zero-order chi connectivity index (χ0) is 37.2. The zero-order valence-corrected chi connectivity index (χ0v) is 31.4. The van der Waals surface area contributed by atoms with Crippen molar-refractivity contribution >= 4 is 23.5 Å². The summed E-state index contributed by atoms with van der Waals surface area (Å²) in [6, 6.07) is 14.7. The Hall–Kier alpha value is -5.27. The molecule has 3 aromatic carbocycles. The van der Waals surface area contributed by atoms with Crippen LogP contribution in [0, 0.1) is 20.8 Å². The number of hydrogen-bond donors (Lipinski definition) is 1. The Morgan fingerprint density at radius 3 is 2.13 bits per heavy atom. The minimum absolute atomic E-state index is 0.106. The van der Waals surface area contributed by atoms with E-state index in [0.717, 1.165) is 61.4 Å². The first-order valence-corrected chi connectivity index (χ1v) is 17.3. The second-order valence-electron chi connectivity index (χ2n) is 12.8. The molecule has 1 saturated heterocycles. The molecule has 0 radical (unpaired) electrons. The molecule has 4 aromatic rings. The molecule has 0 aliphatic carbocycles. The van der Waals surface area contributed by atoms with Gasteiger partial charge in [0.2, 0.25) is 11.7 Å². The Kier molecular flexibility index (Phi) is 13.0. The van der Waals surface area contributed by atoms with Crippen molar-refractivity contribution in [3.8, 4) is 34.5 Å². The van der Waals surface area contributed by atoms with Crippen LogP contribution in [-0.4, -0.2) is 101 Å². The summed E-state index contributed by atoms with van der Waals surface area (Å²) in [7, 11) is 8.47. The lowest BCUT2D eigenvalue weighted by molar-refractivity contribution is 0.145. The van der Waals surface area contributed by atoms with Crippen molar-refractivity contribution in [3.63, 3.8) is 0 Å². The highest BCUT2D eigenvalue weighted by Gasteiger charge is 2.24. The number of likely N-dealkylation sites (N-methyl/N-ethyl adjacent to an activating group) is 1. The molecule has 1 aromatic heterocycles. The van der Waals surface area contributed by atoms with Crippen LogP contribution in [0.15, 0.2) is 54.7 Å². The van der Waals surface area contributed by atoms with Crippen molar-refractivity contribution in [2.75, 3.05) is 85.0 Å². The van der Waals surface area contributed by atoms with Crippen LogP contribution < -0.4 is 38.6 Å². The van der Waals surface area contributed by atoms with E-state index in [2.05, 4.69) is 27.1 Å². The fourth-order valence-corrected chi connectivity index (χ4v) is 6.19. The van der Waals surface area contributed by atoms with Gasteiger partial charge in [-0.05, 0) is 69.1 Å². The van der Waals surface area contributed by atoms with Gasteiger partial charge in [0, 0.05) is 62.8 Å². The second kappa shape index (κ2) is 17.8. The van der Waals surface area contributed by atoms with Gasteiger partial charge in [0.05, 0.1) is 41.6 Å². The minimum Gasteiger partial charge on any atom is -0.497 e. The molecule has 5 rings (SSSR count). The average molecular weight is 715 g/mol. The Morgan fingerprint density at radius 2 is 1.50 bits per heavy atom. The number of anilines is 3. The molecule has 1 fully saturated rings. The van der Waals surface area contributed by atoms with Gasteiger partial charge in [-0.25, -0.2) is 9.78 Å². The lowest BCUT2D eigenvalue weighted by Gasteiger charge is -2.32. The number of carbonyl (C=O) groups excluding carboxylic acids is 1. The van der Waals surface area contributed by atoms with Gasteiger partial charge in [-0.15, -0.1) is 0 Å². The van der Waals surface area contributed by atoms with Crippen LogP contribution in [0.4, 0.5) is 22.2 Å². The molecular formula is C39H50N6O7. The van der Waals surface area contributed by atoms with Gasteiger partial charge in [0.25, 0.3) is 0 Å². The maximum absolute atomic E-state index is 14.0. The van der Waals surface area contributed by atoms with Crippen molar-refractivity contribution in [1.82, 2.24) is 19.8 Å². The number of hydrogen-bond acceptors (Lipinski definition) is 12. The van der Waals surface area contributed by atoms with Gasteiger partial charge in [-0.3, -0.25) is 4.90 Å². The third-order valence-corrected chi connectivity index (χ3v) is 8.86. The summed E-state index contributed by atoms with van der Waals surface area (Å²) in [5.74, 6) is 3.73. The van der Waals surface area contributed by atoms with E-state index in [0.29, 0.717) is 52.6 Å². The van der Waals surface area contributed by atoms with E-state index in [1.165, 1.54) is 4.90 Å². The number of aromatic nitrogens is 2. The molecule has 13 heteroatoms. The number of methoxy groups -OCH3 is 4. The Bertz CT molecular complexity index is 1780. The van der Waals surface area contributed by atoms with Gasteiger partial charge in [0.15, 0.2) is 11.5 Å². The quantitative estimate of drug-likeness (QED) is 0.137. The largest absolute Gasteiger partial charge is 0.497 e. The molecule has 52 heavy (non-hydrogen) atoms. The first-order chi connectivity index (χ1) is 25.1. The normalized spacial score (nSPS) is 13.3. The number of nitrogens with zero attached hydrogens (tertiary/aromatic N) is 5. The summed E-state index contributed by atoms with van der Waals surface area (Å²) in [5.41, 5.74) is 4.14. The van der Waals surface area contributed by atoms with Crippen LogP contribution in [0.25, 0.3) is 0 Å². The molecule has 2 heterocycles. The predicted octanol–water partition coefficient (Wildman–Crippen LogP) is 6.40. The SMILES string of the molecule is COc1cc(CN(C(=O)Oc2c(C)cc(C)cc2C)c2ccnc(Nc3cc(OC)c(OC)c(OCCCN4CCN(C)CC4)c3)n2)cc(OC)c1. The molecule has 0 atom stereocenters. The van der Waals surface area contributed by atoms with Crippen LogP contribution >= 0.6 is 0 Å². The first kappa shape index (κ1) is 38.0. The molecule has 0 saturated carbocycles. The molecule has 278 valence electrons. The van der Waals surface area contributed by atoms with E-state index in [9.17, 15) is 4.79 Å². The molecule has 1 amide bonds. The topological polar surface area (TPSA) is 120 Å². The summed E-state index contributed by atoms with van der Waals surface area (Å²) >= 11 is 0. The summed E-state index contributed by atoms with van der Waals surface area (Å²) in [4.78, 5) is 29.5. The molecule has 13 nitrogen and oxygen atoms in total. The van der Waals surface area contributed by atoms with Gasteiger partial charge >= 0.3 is 6.09 Å². The minimum atomic E-state index is -0.611. The van der Waals surface area contributed by atoms with E-state index in [4.69, 9.17) is 33.4 Å². The Labute approximate surface area is 306 Å². The lowest BCUT2D eigenvalue weighted by atomic mass is 10.1. The number of benzene rings is 3. The number of aryl methyl sites for hydroxylation is 3. The van der Waals surface area contributed by atoms with Gasteiger partial charge in [0.1, 0.15) is 23.1 Å². The average Bonchev–Trinajstić information content (AvgIpc) is 3.14. The molecular weight excluding hydrogens is 664 g/mol. The molecule has 1 aliphatic rings. The Balaban J connectivity index is 1.40. The zero-order valence-electron chi connectivity index (χ0n) is 31.4. The van der Waals surface area contributed by atoms with Crippen LogP contribution in [-0.2, 0) is 6.54 Å². The number of ether oxygens (including phenoxy) is 6. The third kappa shape index (κ3) is 9.74. The van der Waals surface area contributed by atoms with Crippen LogP contribution in [0.2, 0.25) is 0 Å². The van der Waals surface area contributed by atoms with Crippen molar-refractivity contribution < 1.29 is 33.2 Å². The monoisotopic (exact) mass is 714 g/mol.